The highest BCUT2D eigenvalue weighted by Gasteiger charge is 2.40. The molecule has 2 heterocycles. The Hall–Kier alpha value is -2.35. The molecule has 2 aliphatic heterocycles. The van der Waals surface area contributed by atoms with Gasteiger partial charge in [0, 0.05) is 31.8 Å². The fourth-order valence-electron chi connectivity index (χ4n) is 4.01. The third-order valence-corrected chi connectivity index (χ3v) is 5.58. The largest absolute Gasteiger partial charge is 0.492 e. The lowest BCUT2D eigenvalue weighted by Gasteiger charge is -2.33. The third kappa shape index (κ3) is 3.01. The number of hydrogen-bond donors (Lipinski definition) is 2. The molecule has 2 fully saturated rings. The van der Waals surface area contributed by atoms with Gasteiger partial charge in [0.25, 0.3) is 0 Å². The Bertz CT molecular complexity index is 825. The maximum atomic E-state index is 15.1. The smallest absolute Gasteiger partial charge is 0.333 e. The number of nitrogens with two attached hydrogens (primary N) is 1. The van der Waals surface area contributed by atoms with Crippen molar-refractivity contribution in [2.24, 2.45) is 5.73 Å². The normalized spacial score (nSPS) is 24.7. The summed E-state index contributed by atoms with van der Waals surface area (Å²) in [4.78, 5) is 15.1. The third-order valence-electron chi connectivity index (χ3n) is 5.58. The second-order valence-electron chi connectivity index (χ2n) is 7.69. The van der Waals surface area contributed by atoms with Crippen LogP contribution < -0.4 is 20.3 Å². The Morgan fingerprint density at radius 3 is 2.74 bits per heavy atom. The molecule has 1 aliphatic carbocycles. The first-order valence-electron chi connectivity index (χ1n) is 9.08. The summed E-state index contributed by atoms with van der Waals surface area (Å²) in [6.45, 7) is -0.0291. The number of anilines is 2. The minimum absolute atomic E-state index is 0.132. The van der Waals surface area contributed by atoms with Crippen molar-refractivity contribution in [1.29, 1.82) is 0 Å². The monoisotopic (exact) mass is 379 g/mol. The Balaban J connectivity index is 1.82. The van der Waals surface area contributed by atoms with E-state index in [1.165, 1.54) is 13.2 Å². The first-order chi connectivity index (χ1) is 12.9. The van der Waals surface area contributed by atoms with Crippen molar-refractivity contribution in [2.75, 3.05) is 36.7 Å². The number of nitrogens with zero attached hydrogens (tertiary/aromatic N) is 2. The Morgan fingerprint density at radius 1 is 1.44 bits per heavy atom. The first-order valence-corrected chi connectivity index (χ1v) is 9.08. The molecule has 3 aliphatic rings. The molecular formula is C19H23F2N3O3. The molecule has 1 atom stereocenters. The number of carbonyl (C=O) groups is 1. The molecule has 1 unspecified atom stereocenters. The van der Waals surface area contributed by atoms with E-state index in [-0.39, 0.29) is 30.3 Å². The maximum Gasteiger partial charge on any atom is 0.333 e. The van der Waals surface area contributed by atoms with Gasteiger partial charge in [-0.15, -0.1) is 0 Å². The molecule has 0 spiro atoms. The van der Waals surface area contributed by atoms with Gasteiger partial charge in [-0.3, -0.25) is 0 Å². The van der Waals surface area contributed by atoms with Crippen LogP contribution in [-0.4, -0.2) is 49.5 Å². The second kappa shape index (κ2) is 6.37. The summed E-state index contributed by atoms with van der Waals surface area (Å²) in [5.41, 5.74) is 6.84. The van der Waals surface area contributed by atoms with Gasteiger partial charge in [-0.1, -0.05) is 0 Å². The van der Waals surface area contributed by atoms with Crippen molar-refractivity contribution in [3.63, 3.8) is 0 Å². The molecule has 8 heteroatoms. The van der Waals surface area contributed by atoms with E-state index < -0.39 is 24.0 Å². The summed E-state index contributed by atoms with van der Waals surface area (Å²) in [6.07, 6.45) is 4.07. The minimum atomic E-state index is -1.01. The van der Waals surface area contributed by atoms with Crippen molar-refractivity contribution in [1.82, 2.24) is 0 Å². The van der Waals surface area contributed by atoms with Crippen LogP contribution >= 0.6 is 0 Å². The predicted molar refractivity (Wildman–Crippen MR) is 97.6 cm³/mol. The van der Waals surface area contributed by atoms with Gasteiger partial charge in [-0.25, -0.2) is 13.6 Å². The quantitative estimate of drug-likeness (QED) is 0.817. The predicted octanol–water partition coefficient (Wildman–Crippen LogP) is 2.20. The fourth-order valence-corrected chi connectivity index (χ4v) is 4.01. The van der Waals surface area contributed by atoms with E-state index in [2.05, 4.69) is 0 Å². The summed E-state index contributed by atoms with van der Waals surface area (Å²) in [5, 5.41) is 9.41. The van der Waals surface area contributed by atoms with Crippen LogP contribution in [-0.2, 0) is 11.2 Å². The van der Waals surface area contributed by atoms with Crippen molar-refractivity contribution < 1.29 is 23.4 Å². The molecule has 0 radical (unpaired) electrons. The van der Waals surface area contributed by atoms with E-state index in [4.69, 9.17) is 10.5 Å². The summed E-state index contributed by atoms with van der Waals surface area (Å²) in [5.74, 6) is -1.15. The molecule has 3 N–H and O–H groups in total. The lowest BCUT2D eigenvalue weighted by Crippen LogP contribution is -2.45. The van der Waals surface area contributed by atoms with E-state index in [0.717, 1.165) is 12.8 Å². The number of aliphatic carboxylic acids is 1. The second-order valence-corrected chi connectivity index (χ2v) is 7.69. The van der Waals surface area contributed by atoms with Gasteiger partial charge >= 0.3 is 5.97 Å². The van der Waals surface area contributed by atoms with Gasteiger partial charge < -0.3 is 25.4 Å². The van der Waals surface area contributed by atoms with Crippen LogP contribution in [0.2, 0.25) is 0 Å². The van der Waals surface area contributed by atoms with Crippen LogP contribution in [0.1, 0.15) is 24.8 Å². The fraction of sp³-hybridized carbons (Fsp3) is 0.526. The molecule has 146 valence electrons. The Kier molecular flexibility index (Phi) is 4.25. The zero-order chi connectivity index (χ0) is 19.3. The van der Waals surface area contributed by atoms with Gasteiger partial charge in [0.2, 0.25) is 0 Å². The molecule has 1 aromatic carbocycles. The van der Waals surface area contributed by atoms with E-state index >= 15 is 4.39 Å². The average Bonchev–Trinajstić information content (AvgIpc) is 3.42. The van der Waals surface area contributed by atoms with Gasteiger partial charge in [-0.05, 0) is 30.9 Å². The summed E-state index contributed by atoms with van der Waals surface area (Å²) in [6, 6.07) is 1.56. The van der Waals surface area contributed by atoms with Crippen molar-refractivity contribution in [3.8, 4) is 5.75 Å². The lowest BCUT2D eigenvalue weighted by atomic mass is 9.97. The number of rotatable bonds is 5. The van der Waals surface area contributed by atoms with Gasteiger partial charge in [0.15, 0.2) is 11.6 Å². The molecule has 0 amide bonds. The van der Waals surface area contributed by atoms with Crippen LogP contribution in [0.3, 0.4) is 0 Å². The van der Waals surface area contributed by atoms with Gasteiger partial charge in [-0.2, -0.15) is 0 Å². The van der Waals surface area contributed by atoms with E-state index in [1.807, 2.05) is 4.90 Å². The van der Waals surface area contributed by atoms with Crippen LogP contribution in [0.15, 0.2) is 17.8 Å². The number of carboxylic acid groups (broad SMARTS) is 1. The van der Waals surface area contributed by atoms with Crippen molar-refractivity contribution >= 4 is 17.3 Å². The molecule has 27 heavy (non-hydrogen) atoms. The summed E-state index contributed by atoms with van der Waals surface area (Å²) in [7, 11) is 1.47. The standard InChI is InChI=1S/C19H23F2N3O3/c1-27-17-15-11(6-12(18(25)26)8-24(15)13-2-3-13)7-14(21)16(17)23-5-4-19(22,9-20)10-23/h7-8,13H,2-6,9-10,22H2,1H3,(H,25,26). The van der Waals surface area contributed by atoms with Gasteiger partial charge in [0.1, 0.15) is 12.4 Å². The molecule has 1 saturated heterocycles. The highest BCUT2D eigenvalue weighted by molar-refractivity contribution is 5.91. The molecule has 4 rings (SSSR count). The zero-order valence-electron chi connectivity index (χ0n) is 15.2. The average molecular weight is 379 g/mol. The summed E-state index contributed by atoms with van der Waals surface area (Å²) < 4.78 is 33.9. The molecular weight excluding hydrogens is 356 g/mol. The molecule has 6 nitrogen and oxygen atoms in total. The van der Waals surface area contributed by atoms with E-state index in [9.17, 15) is 14.3 Å². The highest BCUT2D eigenvalue weighted by Crippen LogP contribution is 2.49. The van der Waals surface area contributed by atoms with Crippen LogP contribution in [0.4, 0.5) is 20.2 Å². The zero-order valence-corrected chi connectivity index (χ0v) is 15.2. The molecule has 1 aromatic rings. The van der Waals surface area contributed by atoms with E-state index in [0.29, 0.717) is 30.0 Å². The summed E-state index contributed by atoms with van der Waals surface area (Å²) >= 11 is 0. The van der Waals surface area contributed by atoms with Crippen LogP contribution in [0.5, 0.6) is 5.75 Å². The minimum Gasteiger partial charge on any atom is -0.492 e. The van der Waals surface area contributed by atoms with E-state index in [1.54, 1.807) is 11.1 Å². The number of alkyl halides is 1. The Morgan fingerprint density at radius 2 is 2.19 bits per heavy atom. The van der Waals surface area contributed by atoms with Crippen LogP contribution in [0, 0.1) is 5.82 Å². The van der Waals surface area contributed by atoms with Crippen LogP contribution in [0.25, 0.3) is 0 Å². The number of methoxy groups -OCH3 is 1. The number of carboxylic acids is 1. The maximum absolute atomic E-state index is 15.1. The van der Waals surface area contributed by atoms with Crippen molar-refractivity contribution in [2.45, 2.75) is 37.3 Å². The SMILES string of the molecule is COc1c(N2CCC(N)(CF)C2)c(F)cc2c1N(C1CC1)C=C(C(=O)O)C2. The lowest BCUT2D eigenvalue weighted by molar-refractivity contribution is -0.132. The molecule has 0 bridgehead atoms. The number of hydrogen-bond acceptors (Lipinski definition) is 5. The number of fused-ring (bicyclic) bond motifs is 1. The first kappa shape index (κ1) is 18.0. The topological polar surface area (TPSA) is 79.0 Å². The highest BCUT2D eigenvalue weighted by atomic mass is 19.1. The van der Waals surface area contributed by atoms with Crippen molar-refractivity contribution in [3.05, 3.63) is 29.2 Å². The number of ether oxygens (including phenoxy) is 1. The number of benzene rings is 1. The Labute approximate surface area is 156 Å². The molecule has 0 aromatic heterocycles. The van der Waals surface area contributed by atoms with Gasteiger partial charge in [0.05, 0.1) is 23.9 Å². The number of halogens is 2. The molecule has 1 saturated carbocycles.